The summed E-state index contributed by atoms with van der Waals surface area (Å²) in [5.74, 6) is 2.55. The Morgan fingerprint density at radius 1 is 1.33 bits per heavy atom. The van der Waals surface area contributed by atoms with Crippen LogP contribution in [0.2, 0.25) is 0 Å². The van der Waals surface area contributed by atoms with Crippen LogP contribution in [0.3, 0.4) is 0 Å². The third-order valence-corrected chi connectivity index (χ3v) is 3.12. The van der Waals surface area contributed by atoms with Crippen LogP contribution in [0.15, 0.2) is 6.33 Å². The fourth-order valence-electron chi connectivity index (χ4n) is 2.09. The maximum atomic E-state index is 9.24. The van der Waals surface area contributed by atoms with E-state index in [1.54, 1.807) is 7.11 Å². The average molecular weight is 252 g/mol. The van der Waals surface area contributed by atoms with Crippen LogP contribution >= 0.6 is 0 Å². The maximum Gasteiger partial charge on any atom is 0.204 e. The number of hydrogen-bond acceptors (Lipinski definition) is 6. The van der Waals surface area contributed by atoms with Crippen molar-refractivity contribution in [2.45, 2.75) is 25.9 Å². The summed E-state index contributed by atoms with van der Waals surface area (Å²) >= 11 is 0. The molecular weight excluding hydrogens is 232 g/mol. The number of rotatable bonds is 6. The van der Waals surface area contributed by atoms with E-state index >= 15 is 0 Å². The zero-order valence-corrected chi connectivity index (χ0v) is 10.8. The van der Waals surface area contributed by atoms with Gasteiger partial charge in [0.1, 0.15) is 6.33 Å². The molecule has 0 unspecified atom stereocenters. The minimum atomic E-state index is -0.124. The summed E-state index contributed by atoms with van der Waals surface area (Å²) in [5.41, 5.74) is 0. The highest BCUT2D eigenvalue weighted by molar-refractivity contribution is 5.63. The molecule has 1 aliphatic rings. The van der Waals surface area contributed by atoms with Crippen molar-refractivity contribution >= 4 is 11.6 Å². The molecule has 0 amide bonds. The zero-order valence-electron chi connectivity index (χ0n) is 10.8. The molecule has 18 heavy (non-hydrogen) atoms. The van der Waals surface area contributed by atoms with Crippen LogP contribution in [0, 0.1) is 5.92 Å². The summed E-state index contributed by atoms with van der Waals surface area (Å²) in [5, 5.41) is 15.6. The third kappa shape index (κ3) is 2.81. The molecule has 0 aromatic carbocycles. The van der Waals surface area contributed by atoms with Crippen molar-refractivity contribution in [2.24, 2.45) is 5.92 Å². The van der Waals surface area contributed by atoms with Gasteiger partial charge in [-0.1, -0.05) is 0 Å². The topological polar surface area (TPSA) is 79.3 Å². The van der Waals surface area contributed by atoms with Crippen molar-refractivity contribution in [1.82, 2.24) is 9.97 Å². The quantitative estimate of drug-likeness (QED) is 0.703. The van der Waals surface area contributed by atoms with Crippen LogP contribution in [-0.2, 0) is 0 Å². The fraction of sp³-hybridized carbons (Fsp3) is 0.667. The third-order valence-electron chi connectivity index (χ3n) is 3.12. The predicted molar refractivity (Wildman–Crippen MR) is 70.0 cm³/mol. The second-order valence-corrected chi connectivity index (χ2v) is 4.51. The van der Waals surface area contributed by atoms with E-state index in [1.165, 1.54) is 6.33 Å². The van der Waals surface area contributed by atoms with Gasteiger partial charge in [-0.3, -0.25) is 0 Å². The van der Waals surface area contributed by atoms with Crippen molar-refractivity contribution < 1.29 is 9.84 Å². The molecule has 6 heteroatoms. The highest BCUT2D eigenvalue weighted by Crippen LogP contribution is 2.31. The summed E-state index contributed by atoms with van der Waals surface area (Å²) in [6.07, 6.45) is 3.11. The van der Waals surface area contributed by atoms with Gasteiger partial charge in [-0.25, -0.2) is 9.97 Å². The number of aliphatic hydroxyl groups is 1. The van der Waals surface area contributed by atoms with Gasteiger partial charge in [0.25, 0.3) is 0 Å². The van der Waals surface area contributed by atoms with E-state index in [1.807, 2.05) is 6.92 Å². The highest BCUT2D eigenvalue weighted by atomic mass is 16.5. The SMILES string of the molecule is CCNc1ncnc(NCC2CC(O)C2)c1OC. The largest absolute Gasteiger partial charge is 0.490 e. The minimum Gasteiger partial charge on any atom is -0.490 e. The van der Waals surface area contributed by atoms with Gasteiger partial charge in [-0.05, 0) is 25.7 Å². The van der Waals surface area contributed by atoms with E-state index in [0.717, 1.165) is 25.9 Å². The summed E-state index contributed by atoms with van der Waals surface area (Å²) in [6, 6.07) is 0. The first-order valence-corrected chi connectivity index (χ1v) is 6.29. The Morgan fingerprint density at radius 2 is 2.00 bits per heavy atom. The van der Waals surface area contributed by atoms with Crippen LogP contribution in [0.1, 0.15) is 19.8 Å². The van der Waals surface area contributed by atoms with Crippen molar-refractivity contribution in [3.8, 4) is 5.75 Å². The Kier molecular flexibility index (Phi) is 4.19. The molecule has 0 bridgehead atoms. The van der Waals surface area contributed by atoms with Crippen molar-refractivity contribution in [3.63, 3.8) is 0 Å². The lowest BCUT2D eigenvalue weighted by Crippen LogP contribution is -2.33. The summed E-state index contributed by atoms with van der Waals surface area (Å²) in [6.45, 7) is 3.59. The molecule has 0 spiro atoms. The Bertz CT molecular complexity index is 394. The zero-order chi connectivity index (χ0) is 13.0. The summed E-state index contributed by atoms with van der Waals surface area (Å²) in [4.78, 5) is 8.34. The molecule has 2 rings (SSSR count). The van der Waals surface area contributed by atoms with Crippen molar-refractivity contribution in [3.05, 3.63) is 6.33 Å². The number of nitrogens with one attached hydrogen (secondary N) is 2. The maximum absolute atomic E-state index is 9.24. The summed E-state index contributed by atoms with van der Waals surface area (Å²) in [7, 11) is 1.61. The Morgan fingerprint density at radius 3 is 2.56 bits per heavy atom. The molecule has 1 heterocycles. The van der Waals surface area contributed by atoms with Crippen LogP contribution in [0.25, 0.3) is 0 Å². The molecule has 1 aromatic rings. The molecule has 0 aliphatic heterocycles. The molecule has 100 valence electrons. The van der Waals surface area contributed by atoms with Crippen LogP contribution in [0.4, 0.5) is 11.6 Å². The standard InChI is InChI=1S/C12H20N4O2/c1-3-13-11-10(18-2)12(16-7-15-11)14-6-8-4-9(17)5-8/h7-9,17H,3-6H2,1-2H3,(H2,13,14,15,16). The molecule has 6 nitrogen and oxygen atoms in total. The lowest BCUT2D eigenvalue weighted by atomic mass is 9.82. The number of aromatic nitrogens is 2. The van der Waals surface area contributed by atoms with E-state index in [0.29, 0.717) is 23.3 Å². The number of anilines is 2. The number of methoxy groups -OCH3 is 1. The van der Waals surface area contributed by atoms with Crippen LogP contribution < -0.4 is 15.4 Å². The van der Waals surface area contributed by atoms with Gasteiger partial charge in [-0.15, -0.1) is 0 Å². The van der Waals surface area contributed by atoms with Gasteiger partial charge in [0.15, 0.2) is 11.6 Å². The molecule has 0 saturated heterocycles. The van der Waals surface area contributed by atoms with E-state index < -0.39 is 0 Å². The molecule has 3 N–H and O–H groups in total. The Hall–Kier alpha value is -1.56. The minimum absolute atomic E-state index is 0.124. The molecular formula is C12H20N4O2. The number of aliphatic hydroxyl groups excluding tert-OH is 1. The van der Waals surface area contributed by atoms with Crippen LogP contribution in [0.5, 0.6) is 5.75 Å². The smallest absolute Gasteiger partial charge is 0.204 e. The molecule has 1 aromatic heterocycles. The van der Waals surface area contributed by atoms with Crippen molar-refractivity contribution in [2.75, 3.05) is 30.8 Å². The van der Waals surface area contributed by atoms with E-state index in [4.69, 9.17) is 4.74 Å². The van der Waals surface area contributed by atoms with Gasteiger partial charge in [0, 0.05) is 13.1 Å². The number of nitrogens with zero attached hydrogens (tertiary/aromatic N) is 2. The second-order valence-electron chi connectivity index (χ2n) is 4.51. The van der Waals surface area contributed by atoms with Gasteiger partial charge in [-0.2, -0.15) is 0 Å². The second kappa shape index (κ2) is 5.86. The lowest BCUT2D eigenvalue weighted by Gasteiger charge is -2.31. The number of hydrogen-bond donors (Lipinski definition) is 3. The predicted octanol–water partition coefficient (Wildman–Crippen LogP) is 1.10. The first kappa shape index (κ1) is 12.9. The first-order chi connectivity index (χ1) is 8.74. The molecule has 0 radical (unpaired) electrons. The van der Waals surface area contributed by atoms with E-state index in [9.17, 15) is 5.11 Å². The van der Waals surface area contributed by atoms with Gasteiger partial charge < -0.3 is 20.5 Å². The monoisotopic (exact) mass is 252 g/mol. The van der Waals surface area contributed by atoms with Gasteiger partial charge in [0.2, 0.25) is 5.75 Å². The summed E-state index contributed by atoms with van der Waals surface area (Å²) < 4.78 is 5.33. The van der Waals surface area contributed by atoms with Gasteiger partial charge >= 0.3 is 0 Å². The van der Waals surface area contributed by atoms with Crippen molar-refractivity contribution in [1.29, 1.82) is 0 Å². The normalized spacial score (nSPS) is 22.2. The lowest BCUT2D eigenvalue weighted by molar-refractivity contribution is 0.0486. The molecule has 0 atom stereocenters. The molecule has 1 fully saturated rings. The molecule has 1 saturated carbocycles. The Balaban J connectivity index is 2.00. The fourth-order valence-corrected chi connectivity index (χ4v) is 2.09. The van der Waals surface area contributed by atoms with E-state index in [2.05, 4.69) is 20.6 Å². The van der Waals surface area contributed by atoms with E-state index in [-0.39, 0.29) is 6.10 Å². The van der Waals surface area contributed by atoms with Crippen LogP contribution in [-0.4, -0.2) is 41.4 Å². The molecule has 1 aliphatic carbocycles. The Labute approximate surface area is 107 Å². The average Bonchev–Trinajstić information content (AvgIpc) is 2.34. The van der Waals surface area contributed by atoms with Gasteiger partial charge in [0.05, 0.1) is 13.2 Å². The highest BCUT2D eigenvalue weighted by Gasteiger charge is 2.27. The first-order valence-electron chi connectivity index (χ1n) is 6.29. The number of ether oxygens (including phenoxy) is 1.